The van der Waals surface area contributed by atoms with Gasteiger partial charge in [0.25, 0.3) is 0 Å². The van der Waals surface area contributed by atoms with Crippen molar-refractivity contribution in [2.45, 2.75) is 39.7 Å². The van der Waals surface area contributed by atoms with Crippen LogP contribution < -0.4 is 11.1 Å². The maximum atomic E-state index is 11.7. The van der Waals surface area contributed by atoms with Gasteiger partial charge in [0.05, 0.1) is 17.6 Å². The van der Waals surface area contributed by atoms with E-state index >= 15 is 0 Å². The van der Waals surface area contributed by atoms with Crippen LogP contribution in [0.4, 0.5) is 0 Å². The van der Waals surface area contributed by atoms with Crippen molar-refractivity contribution in [3.05, 3.63) is 0 Å². The SMILES string of the molecule is CCC(C)(CO)NC(=O)C(C)(C)CN. The number of nitrogens with two attached hydrogens (primary N) is 1. The Kier molecular flexibility index (Phi) is 4.55. The second kappa shape index (κ2) is 4.75. The van der Waals surface area contributed by atoms with Crippen molar-refractivity contribution in [1.82, 2.24) is 5.32 Å². The molecule has 0 aromatic rings. The molecule has 0 rings (SSSR count). The fourth-order valence-corrected chi connectivity index (χ4v) is 0.776. The van der Waals surface area contributed by atoms with Crippen molar-refractivity contribution in [3.8, 4) is 0 Å². The van der Waals surface area contributed by atoms with E-state index in [1.807, 2.05) is 13.8 Å². The number of carbonyl (C=O) groups is 1. The van der Waals surface area contributed by atoms with Crippen LogP contribution in [-0.2, 0) is 4.79 Å². The summed E-state index contributed by atoms with van der Waals surface area (Å²) in [6, 6.07) is 0. The summed E-state index contributed by atoms with van der Waals surface area (Å²) in [4.78, 5) is 11.7. The molecule has 1 amide bonds. The van der Waals surface area contributed by atoms with Gasteiger partial charge in [0.1, 0.15) is 0 Å². The molecule has 14 heavy (non-hydrogen) atoms. The molecule has 1 atom stereocenters. The molecule has 0 aliphatic heterocycles. The molecule has 4 heteroatoms. The predicted octanol–water partition coefficient (Wildman–Crippen LogP) is 0.249. The third kappa shape index (κ3) is 3.27. The number of carbonyl (C=O) groups excluding carboxylic acids is 1. The summed E-state index contributed by atoms with van der Waals surface area (Å²) >= 11 is 0. The number of aliphatic hydroxyl groups is 1. The molecule has 0 radical (unpaired) electrons. The van der Waals surface area contributed by atoms with Crippen molar-refractivity contribution in [2.24, 2.45) is 11.1 Å². The Bertz CT molecular complexity index is 198. The summed E-state index contributed by atoms with van der Waals surface area (Å²) in [6.07, 6.45) is 0.690. The third-order valence-corrected chi connectivity index (χ3v) is 2.67. The van der Waals surface area contributed by atoms with Crippen molar-refractivity contribution in [3.63, 3.8) is 0 Å². The van der Waals surface area contributed by atoms with Crippen LogP contribution in [0.15, 0.2) is 0 Å². The normalized spacial score (nSPS) is 16.1. The molecule has 0 aromatic carbocycles. The van der Waals surface area contributed by atoms with Crippen LogP contribution in [0.3, 0.4) is 0 Å². The summed E-state index contributed by atoms with van der Waals surface area (Å²) in [7, 11) is 0. The number of amides is 1. The van der Waals surface area contributed by atoms with Gasteiger partial charge in [-0.3, -0.25) is 4.79 Å². The van der Waals surface area contributed by atoms with Crippen LogP contribution in [-0.4, -0.2) is 29.7 Å². The number of aliphatic hydroxyl groups excluding tert-OH is 1. The van der Waals surface area contributed by atoms with Crippen LogP contribution in [0.25, 0.3) is 0 Å². The van der Waals surface area contributed by atoms with Crippen molar-refractivity contribution < 1.29 is 9.90 Å². The van der Waals surface area contributed by atoms with Gasteiger partial charge in [-0.15, -0.1) is 0 Å². The van der Waals surface area contributed by atoms with Gasteiger partial charge in [-0.1, -0.05) is 6.92 Å². The molecule has 1 unspecified atom stereocenters. The van der Waals surface area contributed by atoms with E-state index in [1.54, 1.807) is 13.8 Å². The lowest BCUT2D eigenvalue weighted by molar-refractivity contribution is -0.131. The molecule has 0 aliphatic rings. The summed E-state index contributed by atoms with van der Waals surface area (Å²) in [5, 5.41) is 11.9. The van der Waals surface area contributed by atoms with Crippen LogP contribution in [0.2, 0.25) is 0 Å². The van der Waals surface area contributed by atoms with E-state index in [1.165, 1.54) is 0 Å². The minimum Gasteiger partial charge on any atom is -0.394 e. The Balaban J connectivity index is 4.45. The van der Waals surface area contributed by atoms with E-state index in [9.17, 15) is 4.79 Å². The smallest absolute Gasteiger partial charge is 0.227 e. The van der Waals surface area contributed by atoms with Gasteiger partial charge in [0.2, 0.25) is 5.91 Å². The van der Waals surface area contributed by atoms with Crippen LogP contribution in [0.5, 0.6) is 0 Å². The lowest BCUT2D eigenvalue weighted by atomic mass is 9.90. The van der Waals surface area contributed by atoms with E-state index in [-0.39, 0.29) is 12.5 Å². The van der Waals surface area contributed by atoms with E-state index in [4.69, 9.17) is 10.8 Å². The largest absolute Gasteiger partial charge is 0.394 e. The minimum atomic E-state index is -0.578. The molecule has 4 N–H and O–H groups in total. The van der Waals surface area contributed by atoms with Gasteiger partial charge in [-0.25, -0.2) is 0 Å². The summed E-state index contributed by atoms with van der Waals surface area (Å²) in [6.45, 7) is 7.55. The monoisotopic (exact) mass is 202 g/mol. The Morgan fingerprint density at radius 3 is 2.21 bits per heavy atom. The Labute approximate surface area is 85.9 Å². The van der Waals surface area contributed by atoms with Gasteiger partial charge >= 0.3 is 0 Å². The topological polar surface area (TPSA) is 75.3 Å². The lowest BCUT2D eigenvalue weighted by Crippen LogP contribution is -2.54. The molecule has 0 saturated carbocycles. The Morgan fingerprint density at radius 2 is 1.93 bits per heavy atom. The average Bonchev–Trinajstić information content (AvgIpc) is 2.17. The molecule has 0 aromatic heterocycles. The van der Waals surface area contributed by atoms with Crippen molar-refractivity contribution in [1.29, 1.82) is 0 Å². The van der Waals surface area contributed by atoms with E-state index in [2.05, 4.69) is 5.32 Å². The molecule has 0 spiro atoms. The van der Waals surface area contributed by atoms with Gasteiger partial charge in [-0.2, -0.15) is 0 Å². The first-order valence-electron chi connectivity index (χ1n) is 4.95. The first-order chi connectivity index (χ1) is 6.31. The molecular formula is C10H22N2O2. The zero-order valence-corrected chi connectivity index (χ0v) is 9.55. The van der Waals surface area contributed by atoms with Gasteiger partial charge in [0.15, 0.2) is 0 Å². The summed E-state index contributed by atoms with van der Waals surface area (Å²) in [5.74, 6) is -0.113. The maximum absolute atomic E-state index is 11.7. The van der Waals surface area contributed by atoms with E-state index < -0.39 is 11.0 Å². The van der Waals surface area contributed by atoms with Crippen LogP contribution in [0, 0.1) is 5.41 Å². The first kappa shape index (κ1) is 13.4. The number of hydrogen-bond donors (Lipinski definition) is 3. The zero-order valence-electron chi connectivity index (χ0n) is 9.55. The molecule has 0 heterocycles. The molecule has 0 fully saturated rings. The van der Waals surface area contributed by atoms with E-state index in [0.29, 0.717) is 13.0 Å². The zero-order chi connectivity index (χ0) is 11.4. The lowest BCUT2D eigenvalue weighted by Gasteiger charge is -2.32. The Hall–Kier alpha value is -0.610. The molecular weight excluding hydrogens is 180 g/mol. The van der Waals surface area contributed by atoms with Crippen molar-refractivity contribution in [2.75, 3.05) is 13.2 Å². The van der Waals surface area contributed by atoms with Gasteiger partial charge in [-0.05, 0) is 27.2 Å². The van der Waals surface area contributed by atoms with Gasteiger partial charge < -0.3 is 16.2 Å². The molecule has 4 nitrogen and oxygen atoms in total. The quantitative estimate of drug-likeness (QED) is 0.598. The second-order valence-corrected chi connectivity index (χ2v) is 4.61. The highest BCUT2D eigenvalue weighted by atomic mass is 16.3. The number of hydrogen-bond acceptors (Lipinski definition) is 3. The maximum Gasteiger partial charge on any atom is 0.227 e. The van der Waals surface area contributed by atoms with E-state index in [0.717, 1.165) is 0 Å². The van der Waals surface area contributed by atoms with Gasteiger partial charge in [0, 0.05) is 6.54 Å². The summed E-state index contributed by atoms with van der Waals surface area (Å²) in [5.41, 5.74) is 4.37. The highest BCUT2D eigenvalue weighted by Crippen LogP contribution is 2.16. The molecule has 0 bridgehead atoms. The van der Waals surface area contributed by atoms with Crippen molar-refractivity contribution >= 4 is 5.91 Å². The molecule has 0 aliphatic carbocycles. The fourth-order valence-electron chi connectivity index (χ4n) is 0.776. The number of nitrogens with one attached hydrogen (secondary N) is 1. The molecule has 84 valence electrons. The summed E-state index contributed by atoms with van der Waals surface area (Å²) < 4.78 is 0. The minimum absolute atomic E-state index is 0.0596. The average molecular weight is 202 g/mol. The van der Waals surface area contributed by atoms with Crippen LogP contribution >= 0.6 is 0 Å². The highest BCUT2D eigenvalue weighted by Gasteiger charge is 2.31. The Morgan fingerprint density at radius 1 is 1.43 bits per heavy atom. The fraction of sp³-hybridized carbons (Fsp3) is 0.900. The number of rotatable bonds is 5. The standard InChI is InChI=1S/C10H22N2O2/c1-5-10(4,7-13)12-8(14)9(2,3)6-11/h13H,5-7,11H2,1-4H3,(H,12,14). The van der Waals surface area contributed by atoms with Crippen LogP contribution in [0.1, 0.15) is 34.1 Å². The first-order valence-corrected chi connectivity index (χ1v) is 4.95. The molecule has 0 saturated heterocycles. The highest BCUT2D eigenvalue weighted by molar-refractivity contribution is 5.82. The second-order valence-electron chi connectivity index (χ2n) is 4.61. The predicted molar refractivity (Wildman–Crippen MR) is 56.8 cm³/mol. The third-order valence-electron chi connectivity index (χ3n) is 2.67.